The second-order valence-corrected chi connectivity index (χ2v) is 7.29. The van der Waals surface area contributed by atoms with Gasteiger partial charge in [0.2, 0.25) is 0 Å². The average molecular weight is 397 g/mol. The van der Waals surface area contributed by atoms with E-state index < -0.39 is 17.7 Å². The summed E-state index contributed by atoms with van der Waals surface area (Å²) in [4.78, 5) is 25.8. The number of esters is 1. The molecular formula is C22H20FNO3S. The summed E-state index contributed by atoms with van der Waals surface area (Å²) < 4.78 is 18.2. The van der Waals surface area contributed by atoms with Gasteiger partial charge in [-0.15, -0.1) is 11.3 Å². The van der Waals surface area contributed by atoms with E-state index >= 15 is 0 Å². The molecule has 1 amide bonds. The maximum Gasteiger partial charge on any atom is 0.341 e. The minimum atomic E-state index is -0.486. The summed E-state index contributed by atoms with van der Waals surface area (Å²) in [6.07, 6.45) is 0. The van der Waals surface area contributed by atoms with Crippen molar-refractivity contribution in [3.8, 4) is 0 Å². The molecule has 1 heterocycles. The topological polar surface area (TPSA) is 55.4 Å². The number of carbonyl (C=O) groups excluding carboxylic acids is 2. The molecule has 0 fully saturated rings. The number of rotatable bonds is 6. The third kappa shape index (κ3) is 4.46. The molecule has 3 rings (SSSR count). The van der Waals surface area contributed by atoms with Crippen molar-refractivity contribution in [1.29, 1.82) is 0 Å². The van der Waals surface area contributed by atoms with Crippen molar-refractivity contribution in [2.75, 3.05) is 11.9 Å². The van der Waals surface area contributed by atoms with Crippen LogP contribution in [0.3, 0.4) is 0 Å². The predicted molar refractivity (Wildman–Crippen MR) is 109 cm³/mol. The van der Waals surface area contributed by atoms with Crippen LogP contribution in [-0.4, -0.2) is 18.5 Å². The molecule has 0 unspecified atom stereocenters. The van der Waals surface area contributed by atoms with E-state index in [0.29, 0.717) is 16.1 Å². The quantitative estimate of drug-likeness (QED) is 0.561. The molecule has 0 aliphatic heterocycles. The van der Waals surface area contributed by atoms with Crippen molar-refractivity contribution >= 4 is 28.2 Å². The van der Waals surface area contributed by atoms with E-state index in [4.69, 9.17) is 4.74 Å². The van der Waals surface area contributed by atoms with Crippen molar-refractivity contribution in [2.45, 2.75) is 19.8 Å². The summed E-state index contributed by atoms with van der Waals surface area (Å²) in [6.45, 7) is 4.01. The maximum atomic E-state index is 13.1. The van der Waals surface area contributed by atoms with E-state index in [1.54, 1.807) is 13.0 Å². The van der Waals surface area contributed by atoms with E-state index in [1.807, 2.05) is 37.3 Å². The van der Waals surface area contributed by atoms with Crippen molar-refractivity contribution in [3.05, 3.63) is 88.0 Å². The first-order valence-electron chi connectivity index (χ1n) is 8.92. The molecule has 6 heteroatoms. The van der Waals surface area contributed by atoms with E-state index in [1.165, 1.54) is 35.6 Å². The molecule has 1 aromatic heterocycles. The van der Waals surface area contributed by atoms with Crippen LogP contribution >= 0.6 is 11.3 Å². The molecule has 28 heavy (non-hydrogen) atoms. The van der Waals surface area contributed by atoms with E-state index in [0.717, 1.165) is 10.4 Å². The number of halogens is 1. The summed E-state index contributed by atoms with van der Waals surface area (Å²) in [5.74, 6) is -1.26. The molecule has 3 aromatic rings. The highest BCUT2D eigenvalue weighted by Crippen LogP contribution is 2.36. The number of benzene rings is 2. The number of ether oxygens (including phenoxy) is 1. The van der Waals surface area contributed by atoms with Gasteiger partial charge in [0.25, 0.3) is 5.91 Å². The van der Waals surface area contributed by atoms with Crippen LogP contribution in [0.25, 0.3) is 0 Å². The number of amides is 1. The highest BCUT2D eigenvalue weighted by atomic mass is 32.1. The fourth-order valence-electron chi connectivity index (χ4n) is 2.76. The lowest BCUT2D eigenvalue weighted by Gasteiger charge is -2.09. The van der Waals surface area contributed by atoms with Gasteiger partial charge >= 0.3 is 5.97 Å². The molecule has 0 bridgehead atoms. The van der Waals surface area contributed by atoms with Crippen LogP contribution < -0.4 is 5.32 Å². The number of anilines is 1. The second-order valence-electron chi connectivity index (χ2n) is 6.21. The first-order valence-corrected chi connectivity index (χ1v) is 9.74. The number of carbonyl (C=O) groups is 2. The van der Waals surface area contributed by atoms with Crippen molar-refractivity contribution in [2.24, 2.45) is 0 Å². The Labute approximate surface area is 167 Å². The highest BCUT2D eigenvalue weighted by molar-refractivity contribution is 7.16. The fraction of sp³-hybridized carbons (Fsp3) is 0.182. The SMILES string of the molecule is CCOC(=O)c1cc([C@H](C)c2ccccc2)sc1NC(=O)c1ccc(F)cc1. The Morgan fingerprint density at radius 2 is 1.79 bits per heavy atom. The van der Waals surface area contributed by atoms with Gasteiger partial charge in [0, 0.05) is 16.4 Å². The summed E-state index contributed by atoms with van der Waals surface area (Å²) in [5, 5.41) is 3.19. The zero-order valence-electron chi connectivity index (χ0n) is 15.6. The van der Waals surface area contributed by atoms with Crippen LogP contribution in [-0.2, 0) is 4.74 Å². The van der Waals surface area contributed by atoms with Crippen LogP contribution in [0.15, 0.2) is 60.7 Å². The minimum Gasteiger partial charge on any atom is -0.462 e. The smallest absolute Gasteiger partial charge is 0.341 e. The lowest BCUT2D eigenvalue weighted by Crippen LogP contribution is -2.14. The van der Waals surface area contributed by atoms with Gasteiger partial charge in [-0.2, -0.15) is 0 Å². The molecule has 144 valence electrons. The monoisotopic (exact) mass is 397 g/mol. The molecule has 1 atom stereocenters. The number of hydrogen-bond donors (Lipinski definition) is 1. The molecule has 0 spiro atoms. The number of hydrogen-bond acceptors (Lipinski definition) is 4. The highest BCUT2D eigenvalue weighted by Gasteiger charge is 2.22. The zero-order chi connectivity index (χ0) is 20.1. The van der Waals surface area contributed by atoms with Crippen LogP contribution in [0.2, 0.25) is 0 Å². The summed E-state index contributed by atoms with van der Waals surface area (Å²) in [6, 6.07) is 16.9. The Kier molecular flexibility index (Phi) is 6.21. The van der Waals surface area contributed by atoms with Crippen LogP contribution in [0.1, 0.15) is 50.9 Å². The van der Waals surface area contributed by atoms with Gasteiger partial charge in [0.15, 0.2) is 0 Å². The molecule has 1 N–H and O–H groups in total. The molecule has 0 radical (unpaired) electrons. The van der Waals surface area contributed by atoms with Gasteiger partial charge in [0.1, 0.15) is 10.8 Å². The number of thiophene rings is 1. The largest absolute Gasteiger partial charge is 0.462 e. The Morgan fingerprint density at radius 3 is 2.43 bits per heavy atom. The average Bonchev–Trinajstić information content (AvgIpc) is 3.12. The zero-order valence-corrected chi connectivity index (χ0v) is 16.4. The van der Waals surface area contributed by atoms with Gasteiger partial charge in [-0.25, -0.2) is 9.18 Å². The molecule has 0 saturated carbocycles. The van der Waals surface area contributed by atoms with Crippen molar-refractivity contribution in [3.63, 3.8) is 0 Å². The number of nitrogens with one attached hydrogen (secondary N) is 1. The third-order valence-corrected chi connectivity index (χ3v) is 5.54. The van der Waals surface area contributed by atoms with E-state index in [2.05, 4.69) is 5.32 Å². The Hall–Kier alpha value is -2.99. The Bertz CT molecular complexity index is 967. The van der Waals surface area contributed by atoms with Crippen LogP contribution in [0.4, 0.5) is 9.39 Å². The van der Waals surface area contributed by atoms with Gasteiger partial charge in [-0.3, -0.25) is 4.79 Å². The molecule has 2 aromatic carbocycles. The molecule has 4 nitrogen and oxygen atoms in total. The maximum absolute atomic E-state index is 13.1. The summed E-state index contributed by atoms with van der Waals surface area (Å²) in [7, 11) is 0. The van der Waals surface area contributed by atoms with Crippen molar-refractivity contribution < 1.29 is 18.7 Å². The minimum absolute atomic E-state index is 0.0517. The summed E-state index contributed by atoms with van der Waals surface area (Å²) >= 11 is 1.34. The Morgan fingerprint density at radius 1 is 1.11 bits per heavy atom. The molecule has 0 saturated heterocycles. The standard InChI is InChI=1S/C22H20FNO3S/c1-3-27-22(26)18-13-19(14(2)15-7-5-4-6-8-15)28-21(18)24-20(25)16-9-11-17(23)12-10-16/h4-14H,3H2,1-2H3,(H,24,25)/t14-/m1/s1. The first-order chi connectivity index (χ1) is 13.5. The predicted octanol–water partition coefficient (Wildman–Crippen LogP) is 5.47. The lowest BCUT2D eigenvalue weighted by molar-refractivity contribution is 0.0528. The van der Waals surface area contributed by atoms with E-state index in [-0.39, 0.29) is 12.5 Å². The fourth-order valence-corrected chi connectivity index (χ4v) is 3.88. The molecule has 0 aliphatic carbocycles. The van der Waals surface area contributed by atoms with Gasteiger partial charge < -0.3 is 10.1 Å². The van der Waals surface area contributed by atoms with Crippen LogP contribution in [0.5, 0.6) is 0 Å². The van der Waals surface area contributed by atoms with E-state index in [9.17, 15) is 14.0 Å². The normalized spacial score (nSPS) is 11.7. The molecule has 0 aliphatic rings. The first kappa shape index (κ1) is 19.8. The van der Waals surface area contributed by atoms with Crippen molar-refractivity contribution in [1.82, 2.24) is 0 Å². The van der Waals surface area contributed by atoms with Crippen LogP contribution in [0, 0.1) is 5.82 Å². The van der Waals surface area contributed by atoms with Gasteiger partial charge in [-0.05, 0) is 42.8 Å². The van der Waals surface area contributed by atoms with Gasteiger partial charge in [-0.1, -0.05) is 37.3 Å². The molecular weight excluding hydrogens is 377 g/mol. The summed E-state index contributed by atoms with van der Waals surface area (Å²) in [5.41, 5.74) is 1.73. The van der Waals surface area contributed by atoms with Gasteiger partial charge in [0.05, 0.1) is 12.2 Å². The lowest BCUT2D eigenvalue weighted by atomic mass is 9.99. The second kappa shape index (κ2) is 8.80. The Balaban J connectivity index is 1.92. The third-order valence-electron chi connectivity index (χ3n) is 4.31.